The number of carbonyl (C=O) groups excluding carboxylic acids is 1. The molecule has 1 N–H and O–H groups in total. The van der Waals surface area contributed by atoms with E-state index in [0.29, 0.717) is 24.3 Å². The first-order chi connectivity index (χ1) is 13.9. The number of aromatic nitrogens is 1. The van der Waals surface area contributed by atoms with E-state index >= 15 is 0 Å². The van der Waals surface area contributed by atoms with E-state index in [1.54, 1.807) is 11.0 Å². The van der Waals surface area contributed by atoms with Gasteiger partial charge in [-0.2, -0.15) is 13.2 Å². The van der Waals surface area contributed by atoms with Crippen LogP contribution in [0.2, 0.25) is 0 Å². The number of hydrogen-bond acceptors (Lipinski definition) is 3. The van der Waals surface area contributed by atoms with Gasteiger partial charge in [0.05, 0.1) is 23.0 Å². The standard InChI is InChI=1S/C22H18F3N3O/c23-22(24,25)18-6-3-7-19(11-18)27-20-10-17(12-26-13-20)21(29)28-9-8-15-4-1-2-5-16(15)14-28/h1-7,10-13,27H,8-9,14H2. The number of amides is 1. The minimum atomic E-state index is -4.42. The molecule has 1 aliphatic heterocycles. The Morgan fingerprint density at radius 3 is 2.55 bits per heavy atom. The lowest BCUT2D eigenvalue weighted by Gasteiger charge is -2.29. The summed E-state index contributed by atoms with van der Waals surface area (Å²) in [6.07, 6.45) is -0.682. The molecule has 4 rings (SSSR count). The quantitative estimate of drug-likeness (QED) is 0.673. The number of alkyl halides is 3. The topological polar surface area (TPSA) is 45.2 Å². The Bertz CT molecular complexity index is 1050. The molecule has 0 aliphatic carbocycles. The molecule has 7 heteroatoms. The van der Waals surface area contributed by atoms with Crippen molar-refractivity contribution in [1.82, 2.24) is 9.88 Å². The lowest BCUT2D eigenvalue weighted by Crippen LogP contribution is -2.36. The van der Waals surface area contributed by atoms with Crippen molar-refractivity contribution in [3.8, 4) is 0 Å². The summed E-state index contributed by atoms with van der Waals surface area (Å²) in [6, 6.07) is 14.5. The first-order valence-corrected chi connectivity index (χ1v) is 9.15. The SMILES string of the molecule is O=C(c1cncc(Nc2cccc(C(F)(F)F)c2)c1)N1CCc2ccccc2C1. The van der Waals surface area contributed by atoms with Crippen LogP contribution in [0.3, 0.4) is 0 Å². The van der Waals surface area contributed by atoms with Gasteiger partial charge < -0.3 is 10.2 Å². The summed E-state index contributed by atoms with van der Waals surface area (Å²) in [7, 11) is 0. The second-order valence-corrected chi connectivity index (χ2v) is 6.91. The van der Waals surface area contributed by atoms with Crippen LogP contribution in [0.1, 0.15) is 27.0 Å². The van der Waals surface area contributed by atoms with E-state index in [1.165, 1.54) is 30.1 Å². The molecule has 29 heavy (non-hydrogen) atoms. The summed E-state index contributed by atoms with van der Waals surface area (Å²) in [4.78, 5) is 18.7. The number of halogens is 3. The molecule has 0 fully saturated rings. The largest absolute Gasteiger partial charge is 0.416 e. The maximum atomic E-state index is 12.9. The molecular formula is C22H18F3N3O. The molecule has 0 saturated carbocycles. The van der Waals surface area contributed by atoms with Crippen LogP contribution in [0, 0.1) is 0 Å². The Hall–Kier alpha value is -3.35. The molecule has 0 unspecified atom stereocenters. The predicted octanol–water partition coefficient (Wildman–Crippen LogP) is 5.04. The third kappa shape index (κ3) is 4.23. The van der Waals surface area contributed by atoms with Crippen molar-refractivity contribution in [1.29, 1.82) is 0 Å². The van der Waals surface area contributed by atoms with Crippen molar-refractivity contribution < 1.29 is 18.0 Å². The lowest BCUT2D eigenvalue weighted by molar-refractivity contribution is -0.137. The monoisotopic (exact) mass is 397 g/mol. The van der Waals surface area contributed by atoms with Crippen molar-refractivity contribution in [2.75, 3.05) is 11.9 Å². The fraction of sp³-hybridized carbons (Fsp3) is 0.182. The number of carbonyl (C=O) groups is 1. The van der Waals surface area contributed by atoms with Crippen molar-refractivity contribution in [3.63, 3.8) is 0 Å². The normalized spacial score (nSPS) is 13.7. The maximum absolute atomic E-state index is 12.9. The van der Waals surface area contributed by atoms with Gasteiger partial charge in [0.2, 0.25) is 0 Å². The Morgan fingerprint density at radius 2 is 1.76 bits per heavy atom. The summed E-state index contributed by atoms with van der Waals surface area (Å²) in [5.74, 6) is -0.153. The number of nitrogens with zero attached hydrogens (tertiary/aromatic N) is 2. The van der Waals surface area contributed by atoms with Gasteiger partial charge >= 0.3 is 6.18 Å². The lowest BCUT2D eigenvalue weighted by atomic mass is 9.99. The summed E-state index contributed by atoms with van der Waals surface area (Å²) >= 11 is 0. The van der Waals surface area contributed by atoms with Gasteiger partial charge in [0.1, 0.15) is 0 Å². The van der Waals surface area contributed by atoms with Gasteiger partial charge in [-0.15, -0.1) is 0 Å². The fourth-order valence-corrected chi connectivity index (χ4v) is 3.42. The van der Waals surface area contributed by atoms with E-state index in [-0.39, 0.29) is 11.6 Å². The Labute approximate surface area is 166 Å². The highest BCUT2D eigenvalue weighted by Crippen LogP contribution is 2.31. The fourth-order valence-electron chi connectivity index (χ4n) is 3.42. The molecule has 0 spiro atoms. The van der Waals surface area contributed by atoms with Crippen molar-refractivity contribution in [2.24, 2.45) is 0 Å². The van der Waals surface area contributed by atoms with Gasteiger partial charge in [-0.25, -0.2) is 0 Å². The highest BCUT2D eigenvalue weighted by atomic mass is 19.4. The van der Waals surface area contributed by atoms with Crippen molar-refractivity contribution in [2.45, 2.75) is 19.1 Å². The predicted molar refractivity (Wildman–Crippen MR) is 104 cm³/mol. The number of pyridine rings is 1. The molecule has 0 atom stereocenters. The average molecular weight is 397 g/mol. The number of nitrogens with one attached hydrogen (secondary N) is 1. The van der Waals surface area contributed by atoms with Gasteiger partial charge in [-0.05, 0) is 41.8 Å². The van der Waals surface area contributed by atoms with Gasteiger partial charge in [0, 0.05) is 25.0 Å². The van der Waals surface area contributed by atoms with Crippen LogP contribution in [0.25, 0.3) is 0 Å². The smallest absolute Gasteiger partial charge is 0.354 e. The second-order valence-electron chi connectivity index (χ2n) is 6.91. The van der Waals surface area contributed by atoms with Crippen LogP contribution in [-0.4, -0.2) is 22.3 Å². The highest BCUT2D eigenvalue weighted by Gasteiger charge is 2.30. The summed E-state index contributed by atoms with van der Waals surface area (Å²) in [5, 5.41) is 2.90. The second kappa shape index (κ2) is 7.58. The molecule has 0 radical (unpaired) electrons. The minimum absolute atomic E-state index is 0.153. The van der Waals surface area contributed by atoms with Crippen LogP contribution >= 0.6 is 0 Å². The van der Waals surface area contributed by atoms with Crippen LogP contribution in [0.4, 0.5) is 24.5 Å². The minimum Gasteiger partial charge on any atom is -0.354 e. The van der Waals surface area contributed by atoms with Crippen LogP contribution in [0.15, 0.2) is 67.0 Å². The Morgan fingerprint density at radius 1 is 0.966 bits per heavy atom. The molecule has 3 aromatic rings. The van der Waals surface area contributed by atoms with E-state index in [9.17, 15) is 18.0 Å². The summed E-state index contributed by atoms with van der Waals surface area (Å²) in [6.45, 7) is 1.14. The van der Waals surface area contributed by atoms with Gasteiger partial charge in [-0.1, -0.05) is 30.3 Å². The molecule has 1 aliphatic rings. The molecule has 2 heterocycles. The van der Waals surface area contributed by atoms with Gasteiger partial charge in [0.25, 0.3) is 5.91 Å². The summed E-state index contributed by atoms with van der Waals surface area (Å²) < 4.78 is 38.7. The molecule has 0 bridgehead atoms. The number of rotatable bonds is 3. The molecular weight excluding hydrogens is 379 g/mol. The summed E-state index contributed by atoms with van der Waals surface area (Å²) in [5.41, 5.74) is 2.75. The van der Waals surface area contributed by atoms with Crippen LogP contribution in [0.5, 0.6) is 0 Å². The molecule has 1 aromatic heterocycles. The average Bonchev–Trinajstić information content (AvgIpc) is 2.72. The zero-order chi connectivity index (χ0) is 20.4. The van der Waals surface area contributed by atoms with E-state index in [2.05, 4.69) is 16.4 Å². The number of fused-ring (bicyclic) bond motifs is 1. The maximum Gasteiger partial charge on any atom is 0.416 e. The molecule has 2 aromatic carbocycles. The first kappa shape index (κ1) is 19.0. The van der Waals surface area contributed by atoms with E-state index in [1.807, 2.05) is 18.2 Å². The molecule has 148 valence electrons. The first-order valence-electron chi connectivity index (χ1n) is 9.15. The number of anilines is 2. The Balaban J connectivity index is 1.51. The van der Waals surface area contributed by atoms with E-state index in [4.69, 9.17) is 0 Å². The third-order valence-corrected chi connectivity index (χ3v) is 4.88. The highest BCUT2D eigenvalue weighted by molar-refractivity contribution is 5.95. The third-order valence-electron chi connectivity index (χ3n) is 4.88. The Kier molecular flexibility index (Phi) is 4.96. The van der Waals surface area contributed by atoms with Crippen LogP contribution in [-0.2, 0) is 19.1 Å². The molecule has 0 saturated heterocycles. The van der Waals surface area contributed by atoms with Crippen LogP contribution < -0.4 is 5.32 Å². The number of benzene rings is 2. The molecule has 1 amide bonds. The van der Waals surface area contributed by atoms with E-state index in [0.717, 1.165) is 24.1 Å². The number of hydrogen-bond donors (Lipinski definition) is 1. The van der Waals surface area contributed by atoms with Crippen molar-refractivity contribution in [3.05, 3.63) is 89.2 Å². The van der Waals surface area contributed by atoms with Gasteiger partial charge in [-0.3, -0.25) is 9.78 Å². The van der Waals surface area contributed by atoms with Crippen molar-refractivity contribution >= 4 is 17.3 Å². The molecule has 4 nitrogen and oxygen atoms in total. The zero-order valence-electron chi connectivity index (χ0n) is 15.4. The van der Waals surface area contributed by atoms with Gasteiger partial charge in [0.15, 0.2) is 0 Å². The van der Waals surface area contributed by atoms with E-state index < -0.39 is 11.7 Å². The zero-order valence-corrected chi connectivity index (χ0v) is 15.4.